The van der Waals surface area contributed by atoms with E-state index in [0.717, 1.165) is 43.0 Å². The molecule has 5 nitrogen and oxygen atoms in total. The molecule has 2 atom stereocenters. The lowest BCUT2D eigenvalue weighted by Crippen LogP contribution is -2.40. The Morgan fingerprint density at radius 1 is 1.23 bits per heavy atom. The maximum absolute atomic E-state index is 13.3. The average molecular weight is 431 g/mol. The molecule has 0 aromatic heterocycles. The molecule has 1 amide bonds. The number of fused-ring (bicyclic) bond motifs is 1. The number of amides is 1. The number of carbonyl (C=O) groups excluding carboxylic acids is 1. The second kappa shape index (κ2) is 10.7. The molecule has 174 valence electrons. The fourth-order valence-electron chi connectivity index (χ4n) is 5.05. The molecule has 3 rings (SSSR count). The summed E-state index contributed by atoms with van der Waals surface area (Å²) in [5.41, 5.74) is 1.35. The molecule has 0 saturated carbocycles. The predicted octanol–water partition coefficient (Wildman–Crippen LogP) is 5.47. The lowest BCUT2D eigenvalue weighted by Gasteiger charge is -2.34. The third-order valence-electron chi connectivity index (χ3n) is 6.46. The summed E-state index contributed by atoms with van der Waals surface area (Å²) in [5.74, 6) is 2.22. The zero-order valence-corrected chi connectivity index (χ0v) is 20.3. The van der Waals surface area contributed by atoms with Crippen LogP contribution in [0.2, 0.25) is 0 Å². The number of rotatable bonds is 9. The van der Waals surface area contributed by atoms with Crippen LogP contribution in [0.25, 0.3) is 0 Å². The Balaban J connectivity index is 1.61. The molecule has 1 aromatic carbocycles. The fourth-order valence-corrected chi connectivity index (χ4v) is 5.05. The van der Waals surface area contributed by atoms with Crippen molar-refractivity contribution in [3.05, 3.63) is 23.8 Å². The van der Waals surface area contributed by atoms with Crippen molar-refractivity contribution in [3.63, 3.8) is 0 Å². The maximum Gasteiger partial charge on any atom is 0.231 e. The second-order valence-corrected chi connectivity index (χ2v) is 10.8. The van der Waals surface area contributed by atoms with Crippen molar-refractivity contribution in [2.24, 2.45) is 11.3 Å². The van der Waals surface area contributed by atoms with Crippen LogP contribution >= 0.6 is 0 Å². The lowest BCUT2D eigenvalue weighted by atomic mass is 9.84. The van der Waals surface area contributed by atoms with Gasteiger partial charge in [0.15, 0.2) is 11.5 Å². The molecule has 1 saturated heterocycles. The second-order valence-electron chi connectivity index (χ2n) is 10.8. The van der Waals surface area contributed by atoms with E-state index in [4.69, 9.17) is 9.47 Å². The van der Waals surface area contributed by atoms with Gasteiger partial charge in [-0.15, -0.1) is 0 Å². The Morgan fingerprint density at radius 3 is 2.74 bits per heavy atom. The highest BCUT2D eigenvalue weighted by Crippen LogP contribution is 2.33. The van der Waals surface area contributed by atoms with E-state index < -0.39 is 0 Å². The van der Waals surface area contributed by atoms with E-state index in [0.29, 0.717) is 24.9 Å². The Morgan fingerprint density at radius 2 is 2.00 bits per heavy atom. The van der Waals surface area contributed by atoms with E-state index >= 15 is 0 Å². The summed E-state index contributed by atoms with van der Waals surface area (Å²) in [7, 11) is 0. The molecule has 0 aliphatic carbocycles. The van der Waals surface area contributed by atoms with Crippen molar-refractivity contribution in [3.8, 4) is 11.5 Å². The van der Waals surface area contributed by atoms with Crippen molar-refractivity contribution in [2.45, 2.75) is 85.7 Å². The van der Waals surface area contributed by atoms with Crippen molar-refractivity contribution < 1.29 is 14.3 Å². The number of hydrogen-bond donors (Lipinski definition) is 0. The van der Waals surface area contributed by atoms with Gasteiger partial charge in [0, 0.05) is 32.1 Å². The Labute approximate surface area is 189 Å². The summed E-state index contributed by atoms with van der Waals surface area (Å²) in [5, 5.41) is 0. The van der Waals surface area contributed by atoms with Crippen LogP contribution in [0, 0.1) is 11.3 Å². The summed E-state index contributed by atoms with van der Waals surface area (Å²) in [6, 6.07) is 6.70. The highest BCUT2D eigenvalue weighted by molar-refractivity contribution is 5.76. The van der Waals surface area contributed by atoms with Gasteiger partial charge in [-0.3, -0.25) is 4.79 Å². The van der Waals surface area contributed by atoms with Crippen LogP contribution in [0.3, 0.4) is 0 Å². The highest BCUT2D eigenvalue weighted by atomic mass is 16.7. The van der Waals surface area contributed by atoms with Gasteiger partial charge in [0.25, 0.3) is 0 Å². The van der Waals surface area contributed by atoms with Gasteiger partial charge in [0.1, 0.15) is 0 Å². The summed E-state index contributed by atoms with van der Waals surface area (Å²) in [6.07, 6.45) is 6.63. The van der Waals surface area contributed by atoms with Crippen LogP contribution in [-0.2, 0) is 11.3 Å². The number of carbonyl (C=O) groups is 1. The van der Waals surface area contributed by atoms with Crippen LogP contribution in [0.15, 0.2) is 18.2 Å². The predicted molar refractivity (Wildman–Crippen MR) is 125 cm³/mol. The van der Waals surface area contributed by atoms with E-state index in [1.807, 2.05) is 12.1 Å². The van der Waals surface area contributed by atoms with Crippen molar-refractivity contribution >= 4 is 5.91 Å². The zero-order valence-electron chi connectivity index (χ0n) is 20.3. The van der Waals surface area contributed by atoms with Gasteiger partial charge in [0.2, 0.25) is 12.7 Å². The molecule has 2 heterocycles. The summed E-state index contributed by atoms with van der Waals surface area (Å²) in [4.78, 5) is 17.9. The SMILES string of the molecule is CC(CC(=O)N(CCCN1CCCCC1C)Cc1ccc2c(c1)OCO2)CC(C)(C)C. The van der Waals surface area contributed by atoms with E-state index in [1.54, 1.807) is 0 Å². The van der Waals surface area contributed by atoms with Gasteiger partial charge in [-0.25, -0.2) is 0 Å². The molecule has 2 aliphatic heterocycles. The molecule has 2 unspecified atom stereocenters. The fraction of sp³-hybridized carbons (Fsp3) is 0.731. The largest absolute Gasteiger partial charge is 0.454 e. The first-order chi connectivity index (χ1) is 14.7. The summed E-state index contributed by atoms with van der Waals surface area (Å²) in [6.45, 7) is 15.3. The highest BCUT2D eigenvalue weighted by Gasteiger charge is 2.23. The normalized spacial score (nSPS) is 20.0. The van der Waals surface area contributed by atoms with Gasteiger partial charge in [-0.05, 0) is 68.2 Å². The van der Waals surface area contributed by atoms with Gasteiger partial charge in [-0.2, -0.15) is 0 Å². The molecule has 1 aromatic rings. The third-order valence-corrected chi connectivity index (χ3v) is 6.46. The minimum atomic E-state index is 0.242. The molecule has 0 radical (unpaired) electrons. The number of hydrogen-bond acceptors (Lipinski definition) is 4. The lowest BCUT2D eigenvalue weighted by molar-refractivity contribution is -0.133. The number of benzene rings is 1. The topological polar surface area (TPSA) is 42.0 Å². The number of nitrogens with zero attached hydrogens (tertiary/aromatic N) is 2. The van der Waals surface area contributed by atoms with Crippen molar-refractivity contribution in [2.75, 3.05) is 26.4 Å². The number of ether oxygens (including phenoxy) is 2. The Hall–Kier alpha value is -1.75. The van der Waals surface area contributed by atoms with Crippen LogP contribution in [0.5, 0.6) is 11.5 Å². The number of likely N-dealkylation sites (tertiary alicyclic amines) is 1. The Bertz CT molecular complexity index is 728. The molecule has 0 spiro atoms. The van der Waals surface area contributed by atoms with Gasteiger partial charge >= 0.3 is 0 Å². The van der Waals surface area contributed by atoms with Crippen LogP contribution in [-0.4, -0.2) is 48.2 Å². The molecular formula is C26H42N2O3. The molecule has 0 N–H and O–H groups in total. The first-order valence-electron chi connectivity index (χ1n) is 12.1. The van der Waals surface area contributed by atoms with Crippen LogP contribution in [0.1, 0.15) is 78.7 Å². The summed E-state index contributed by atoms with van der Waals surface area (Å²) < 4.78 is 11.0. The van der Waals surface area contributed by atoms with Crippen molar-refractivity contribution in [1.82, 2.24) is 9.80 Å². The first-order valence-corrected chi connectivity index (χ1v) is 12.1. The average Bonchev–Trinajstić information content (AvgIpc) is 3.15. The maximum atomic E-state index is 13.3. The third kappa shape index (κ3) is 7.41. The minimum absolute atomic E-state index is 0.242. The smallest absolute Gasteiger partial charge is 0.231 e. The van der Waals surface area contributed by atoms with E-state index in [1.165, 1.54) is 25.8 Å². The molecule has 2 aliphatic rings. The van der Waals surface area contributed by atoms with Crippen molar-refractivity contribution in [1.29, 1.82) is 0 Å². The summed E-state index contributed by atoms with van der Waals surface area (Å²) >= 11 is 0. The molecule has 0 bridgehead atoms. The van der Waals surface area contributed by atoms with E-state index in [-0.39, 0.29) is 18.1 Å². The number of piperidine rings is 1. The molecule has 1 fully saturated rings. The van der Waals surface area contributed by atoms with E-state index in [9.17, 15) is 4.79 Å². The van der Waals surface area contributed by atoms with Gasteiger partial charge < -0.3 is 19.3 Å². The zero-order chi connectivity index (χ0) is 22.4. The first kappa shape index (κ1) is 23.9. The quantitative estimate of drug-likeness (QED) is 0.521. The molecule has 5 heteroatoms. The molecular weight excluding hydrogens is 388 g/mol. The van der Waals surface area contributed by atoms with Gasteiger partial charge in [0.05, 0.1) is 0 Å². The Kier molecular flexibility index (Phi) is 8.26. The minimum Gasteiger partial charge on any atom is -0.454 e. The standard InChI is InChI=1S/C26H42N2O3/c1-20(17-26(3,4)5)15-25(29)28(14-8-13-27-12-7-6-9-21(27)2)18-22-10-11-23-24(16-22)31-19-30-23/h10-11,16,20-21H,6-9,12-15,17-19H2,1-5H3. The monoisotopic (exact) mass is 430 g/mol. The van der Waals surface area contributed by atoms with Crippen LogP contribution in [0.4, 0.5) is 0 Å². The van der Waals surface area contributed by atoms with Gasteiger partial charge in [-0.1, -0.05) is 40.2 Å². The van der Waals surface area contributed by atoms with Crippen LogP contribution < -0.4 is 9.47 Å². The molecule has 31 heavy (non-hydrogen) atoms. The van der Waals surface area contributed by atoms with E-state index in [2.05, 4.69) is 50.5 Å².